The molecule has 0 amide bonds. The van der Waals surface area contributed by atoms with E-state index in [1.807, 2.05) is 0 Å². The number of Topliss-reactive ketones (excluding diaryl/α,β-unsaturated/α-hetero) is 1. The third-order valence-electron chi connectivity index (χ3n) is 2.21. The molecule has 2 N–H and O–H groups in total. The molecule has 0 unspecified atom stereocenters. The maximum Gasteiger partial charge on any atom is 0.167 e. The highest BCUT2D eigenvalue weighted by molar-refractivity contribution is 9.10. The van der Waals surface area contributed by atoms with E-state index in [0.29, 0.717) is 22.9 Å². The molecule has 68 valence electrons. The van der Waals surface area contributed by atoms with Crippen molar-refractivity contribution in [2.75, 3.05) is 0 Å². The highest BCUT2D eigenvalue weighted by Crippen LogP contribution is 2.40. The molecule has 0 fully saturated rings. The van der Waals surface area contributed by atoms with Crippen LogP contribution in [0.25, 0.3) is 0 Å². The summed E-state index contributed by atoms with van der Waals surface area (Å²) in [6.45, 7) is 0. The van der Waals surface area contributed by atoms with E-state index in [1.165, 1.54) is 6.07 Å². The number of benzene rings is 1. The molecule has 1 aliphatic carbocycles. The van der Waals surface area contributed by atoms with Crippen LogP contribution in [0.4, 0.5) is 0 Å². The summed E-state index contributed by atoms with van der Waals surface area (Å²) in [5, 5.41) is 19.0. The van der Waals surface area contributed by atoms with Gasteiger partial charge in [-0.15, -0.1) is 0 Å². The standard InChI is InChI=1S/C9H7BrO3/c10-5-3-7(12)8-4(9(5)13)1-2-6(8)11/h3,12-13H,1-2H2. The van der Waals surface area contributed by atoms with Crippen molar-refractivity contribution in [3.05, 3.63) is 21.7 Å². The van der Waals surface area contributed by atoms with Crippen molar-refractivity contribution in [1.29, 1.82) is 0 Å². The van der Waals surface area contributed by atoms with Crippen molar-refractivity contribution in [1.82, 2.24) is 0 Å². The van der Waals surface area contributed by atoms with E-state index >= 15 is 0 Å². The summed E-state index contributed by atoms with van der Waals surface area (Å²) < 4.78 is 0.429. The van der Waals surface area contributed by atoms with Gasteiger partial charge >= 0.3 is 0 Å². The third-order valence-corrected chi connectivity index (χ3v) is 2.82. The maximum absolute atomic E-state index is 11.3. The van der Waals surface area contributed by atoms with Gasteiger partial charge in [0.15, 0.2) is 5.78 Å². The fourth-order valence-corrected chi connectivity index (χ4v) is 2.05. The van der Waals surface area contributed by atoms with E-state index < -0.39 is 0 Å². The Morgan fingerprint density at radius 3 is 2.69 bits per heavy atom. The highest BCUT2D eigenvalue weighted by Gasteiger charge is 2.27. The average molecular weight is 243 g/mol. The monoisotopic (exact) mass is 242 g/mol. The number of phenols is 2. The number of phenolic OH excluding ortho intramolecular Hbond substituents is 2. The molecule has 0 bridgehead atoms. The number of halogens is 1. The second-order valence-electron chi connectivity index (χ2n) is 3.00. The average Bonchev–Trinajstić information content (AvgIpc) is 2.44. The van der Waals surface area contributed by atoms with Crippen LogP contribution in [0.2, 0.25) is 0 Å². The van der Waals surface area contributed by atoms with Crippen molar-refractivity contribution < 1.29 is 15.0 Å². The molecule has 0 aliphatic heterocycles. The highest BCUT2D eigenvalue weighted by atomic mass is 79.9. The normalized spacial score (nSPS) is 14.7. The lowest BCUT2D eigenvalue weighted by Gasteiger charge is -2.05. The van der Waals surface area contributed by atoms with Crippen molar-refractivity contribution in [2.24, 2.45) is 0 Å². The van der Waals surface area contributed by atoms with Crippen LogP contribution in [-0.2, 0) is 6.42 Å². The first-order valence-electron chi connectivity index (χ1n) is 3.87. The summed E-state index contributed by atoms with van der Waals surface area (Å²) in [5.74, 6) is -0.0869. The molecule has 0 saturated carbocycles. The van der Waals surface area contributed by atoms with Gasteiger partial charge in [0.05, 0.1) is 10.0 Å². The van der Waals surface area contributed by atoms with Crippen LogP contribution in [0.15, 0.2) is 10.5 Å². The van der Waals surface area contributed by atoms with E-state index in [4.69, 9.17) is 0 Å². The van der Waals surface area contributed by atoms with Crippen molar-refractivity contribution >= 4 is 21.7 Å². The lowest BCUT2D eigenvalue weighted by molar-refractivity contribution is 0.0992. The summed E-state index contributed by atoms with van der Waals surface area (Å²) in [6, 6.07) is 1.34. The first-order valence-corrected chi connectivity index (χ1v) is 4.67. The van der Waals surface area contributed by atoms with Crippen LogP contribution < -0.4 is 0 Å². The number of fused-ring (bicyclic) bond motifs is 1. The Bertz CT molecular complexity index is 398. The molecule has 3 nitrogen and oxygen atoms in total. The SMILES string of the molecule is O=C1CCc2c(O)c(Br)cc(O)c21. The Kier molecular flexibility index (Phi) is 1.80. The Hall–Kier alpha value is -1.03. The molecule has 0 atom stereocenters. The Balaban J connectivity index is 2.76. The molecular weight excluding hydrogens is 236 g/mol. The quantitative estimate of drug-likeness (QED) is 0.685. The molecule has 0 spiro atoms. The summed E-state index contributed by atoms with van der Waals surface area (Å²) >= 11 is 3.10. The minimum Gasteiger partial charge on any atom is -0.507 e. The van der Waals surface area contributed by atoms with Gasteiger partial charge in [0.25, 0.3) is 0 Å². The van der Waals surface area contributed by atoms with E-state index in [0.717, 1.165) is 0 Å². The Labute approximate surface area is 83.1 Å². The first kappa shape index (κ1) is 8.56. The number of hydrogen-bond donors (Lipinski definition) is 2. The third kappa shape index (κ3) is 1.13. The molecule has 0 saturated heterocycles. The first-order chi connectivity index (χ1) is 6.11. The molecule has 0 aromatic heterocycles. The fraction of sp³-hybridized carbons (Fsp3) is 0.222. The largest absolute Gasteiger partial charge is 0.507 e. The lowest BCUT2D eigenvalue weighted by Crippen LogP contribution is -1.92. The molecule has 0 heterocycles. The van der Waals surface area contributed by atoms with Crippen molar-refractivity contribution in [2.45, 2.75) is 12.8 Å². The van der Waals surface area contributed by atoms with Gasteiger partial charge in [-0.05, 0) is 28.4 Å². The summed E-state index contributed by atoms with van der Waals surface area (Å²) in [5.41, 5.74) is 0.831. The topological polar surface area (TPSA) is 57.5 Å². The second kappa shape index (κ2) is 2.73. The van der Waals surface area contributed by atoms with Gasteiger partial charge in [-0.25, -0.2) is 0 Å². The summed E-state index contributed by atoms with van der Waals surface area (Å²) in [4.78, 5) is 11.3. The number of ketones is 1. The van der Waals surface area contributed by atoms with Crippen LogP contribution in [0.3, 0.4) is 0 Å². The minimum absolute atomic E-state index is 0.0535. The van der Waals surface area contributed by atoms with Crippen LogP contribution in [0.5, 0.6) is 11.5 Å². The number of rotatable bonds is 0. The van der Waals surface area contributed by atoms with E-state index in [-0.39, 0.29) is 22.8 Å². The molecule has 13 heavy (non-hydrogen) atoms. The predicted molar refractivity (Wildman–Crippen MR) is 50.1 cm³/mol. The second-order valence-corrected chi connectivity index (χ2v) is 3.86. The number of aromatic hydroxyl groups is 2. The number of hydrogen-bond acceptors (Lipinski definition) is 3. The van der Waals surface area contributed by atoms with Crippen molar-refractivity contribution in [3.8, 4) is 11.5 Å². The van der Waals surface area contributed by atoms with Gasteiger partial charge in [0.2, 0.25) is 0 Å². The van der Waals surface area contributed by atoms with Gasteiger partial charge in [-0.3, -0.25) is 4.79 Å². The van der Waals surface area contributed by atoms with Gasteiger partial charge < -0.3 is 10.2 Å². The van der Waals surface area contributed by atoms with E-state index in [1.54, 1.807) is 0 Å². The maximum atomic E-state index is 11.3. The molecule has 0 radical (unpaired) electrons. The zero-order chi connectivity index (χ0) is 9.59. The van der Waals surface area contributed by atoms with Crippen LogP contribution in [0, 0.1) is 0 Å². The Morgan fingerprint density at radius 2 is 2.00 bits per heavy atom. The van der Waals surface area contributed by atoms with Crippen molar-refractivity contribution in [3.63, 3.8) is 0 Å². The molecule has 1 aromatic carbocycles. The van der Waals surface area contributed by atoms with Crippen LogP contribution in [0.1, 0.15) is 22.3 Å². The van der Waals surface area contributed by atoms with Crippen LogP contribution in [-0.4, -0.2) is 16.0 Å². The van der Waals surface area contributed by atoms with E-state index in [2.05, 4.69) is 15.9 Å². The van der Waals surface area contributed by atoms with E-state index in [9.17, 15) is 15.0 Å². The molecule has 4 heteroatoms. The van der Waals surface area contributed by atoms with Gasteiger partial charge in [0.1, 0.15) is 11.5 Å². The van der Waals surface area contributed by atoms with Crippen LogP contribution >= 0.6 is 15.9 Å². The molecule has 1 aromatic rings. The van der Waals surface area contributed by atoms with Gasteiger partial charge in [-0.1, -0.05) is 0 Å². The number of carbonyl (C=O) groups is 1. The van der Waals surface area contributed by atoms with Gasteiger partial charge in [-0.2, -0.15) is 0 Å². The van der Waals surface area contributed by atoms with Gasteiger partial charge in [0, 0.05) is 12.0 Å². The zero-order valence-corrected chi connectivity index (χ0v) is 8.26. The summed E-state index contributed by atoms with van der Waals surface area (Å²) in [6.07, 6.45) is 0.875. The molecule has 2 rings (SSSR count). The summed E-state index contributed by atoms with van der Waals surface area (Å²) in [7, 11) is 0. The fourth-order valence-electron chi connectivity index (χ4n) is 1.60. The smallest absolute Gasteiger partial charge is 0.167 e. The molecular formula is C9H7BrO3. The molecule has 1 aliphatic rings. The Morgan fingerprint density at radius 1 is 1.31 bits per heavy atom. The number of carbonyl (C=O) groups excluding carboxylic acids is 1. The predicted octanol–water partition coefficient (Wildman–Crippen LogP) is 1.99. The lowest BCUT2D eigenvalue weighted by atomic mass is 10.1. The zero-order valence-electron chi connectivity index (χ0n) is 6.67. The minimum atomic E-state index is -0.102.